The SMILES string of the molecule is Cc1ccc(N2C(=O)C(C)(C)NCCC2C)c(Br)c1. The summed E-state index contributed by atoms with van der Waals surface area (Å²) in [6.45, 7) is 8.91. The Hall–Kier alpha value is -0.870. The van der Waals surface area contributed by atoms with Gasteiger partial charge in [-0.05, 0) is 74.3 Å². The van der Waals surface area contributed by atoms with Crippen LogP contribution in [0, 0.1) is 6.92 Å². The standard InChI is InChI=1S/C15H21BrN2O/c1-10-5-6-13(12(16)9-10)18-11(2)7-8-17-15(3,4)14(18)19/h5-6,9,11,17H,7-8H2,1-4H3. The Labute approximate surface area is 123 Å². The molecule has 1 atom stereocenters. The van der Waals surface area contributed by atoms with E-state index in [2.05, 4.69) is 34.2 Å². The van der Waals surface area contributed by atoms with Crippen molar-refractivity contribution < 1.29 is 4.79 Å². The first-order valence-electron chi connectivity index (χ1n) is 6.68. The van der Waals surface area contributed by atoms with E-state index in [0.29, 0.717) is 0 Å². The van der Waals surface area contributed by atoms with Crippen molar-refractivity contribution in [2.24, 2.45) is 0 Å². The lowest BCUT2D eigenvalue weighted by Gasteiger charge is -2.33. The van der Waals surface area contributed by atoms with Gasteiger partial charge in [-0.1, -0.05) is 6.07 Å². The van der Waals surface area contributed by atoms with Gasteiger partial charge in [0.15, 0.2) is 0 Å². The molecule has 2 rings (SSSR count). The van der Waals surface area contributed by atoms with Crippen LogP contribution in [0.1, 0.15) is 32.8 Å². The first kappa shape index (κ1) is 14.5. The number of hydrogen-bond acceptors (Lipinski definition) is 2. The summed E-state index contributed by atoms with van der Waals surface area (Å²) in [4.78, 5) is 14.7. The largest absolute Gasteiger partial charge is 0.307 e. The highest BCUT2D eigenvalue weighted by molar-refractivity contribution is 9.10. The normalized spacial score (nSPS) is 23.3. The molecule has 0 spiro atoms. The lowest BCUT2D eigenvalue weighted by molar-refractivity contribution is -0.123. The maximum Gasteiger partial charge on any atom is 0.246 e. The van der Waals surface area contributed by atoms with Gasteiger partial charge in [0, 0.05) is 10.5 Å². The van der Waals surface area contributed by atoms with E-state index >= 15 is 0 Å². The summed E-state index contributed by atoms with van der Waals surface area (Å²) in [5, 5.41) is 3.33. The van der Waals surface area contributed by atoms with Crippen molar-refractivity contribution in [1.82, 2.24) is 5.32 Å². The van der Waals surface area contributed by atoms with Crippen molar-refractivity contribution in [2.45, 2.75) is 45.7 Å². The quantitative estimate of drug-likeness (QED) is 0.860. The summed E-state index contributed by atoms with van der Waals surface area (Å²) >= 11 is 3.59. The van der Waals surface area contributed by atoms with Crippen molar-refractivity contribution in [3.8, 4) is 0 Å². The number of anilines is 1. The number of carbonyl (C=O) groups is 1. The van der Waals surface area contributed by atoms with Crippen LogP contribution in [0.25, 0.3) is 0 Å². The van der Waals surface area contributed by atoms with E-state index in [1.807, 2.05) is 37.8 Å². The van der Waals surface area contributed by atoms with E-state index in [1.54, 1.807) is 0 Å². The minimum absolute atomic E-state index is 0.127. The summed E-state index contributed by atoms with van der Waals surface area (Å²) in [5.74, 6) is 0.127. The molecule has 0 radical (unpaired) electrons. The smallest absolute Gasteiger partial charge is 0.246 e. The Balaban J connectivity index is 2.47. The number of carbonyl (C=O) groups excluding carboxylic acids is 1. The molecule has 0 aromatic heterocycles. The van der Waals surface area contributed by atoms with Crippen LogP contribution in [0.5, 0.6) is 0 Å². The second kappa shape index (κ2) is 5.25. The number of aryl methyl sites for hydroxylation is 1. The molecule has 0 bridgehead atoms. The Kier molecular flexibility index (Phi) is 4.02. The zero-order valence-corrected chi connectivity index (χ0v) is 13.5. The van der Waals surface area contributed by atoms with Crippen LogP contribution in [-0.2, 0) is 4.79 Å². The summed E-state index contributed by atoms with van der Waals surface area (Å²) in [6.07, 6.45) is 0.954. The molecule has 1 aromatic carbocycles. The Morgan fingerprint density at radius 1 is 1.42 bits per heavy atom. The monoisotopic (exact) mass is 324 g/mol. The average molecular weight is 325 g/mol. The zero-order chi connectivity index (χ0) is 14.2. The molecular formula is C15H21BrN2O. The van der Waals surface area contributed by atoms with Gasteiger partial charge < -0.3 is 10.2 Å². The molecule has 1 aromatic rings. The van der Waals surface area contributed by atoms with Gasteiger partial charge in [-0.25, -0.2) is 0 Å². The number of nitrogens with zero attached hydrogens (tertiary/aromatic N) is 1. The zero-order valence-electron chi connectivity index (χ0n) is 12.0. The van der Waals surface area contributed by atoms with Gasteiger partial charge in [0.1, 0.15) is 0 Å². The summed E-state index contributed by atoms with van der Waals surface area (Å²) in [7, 11) is 0. The van der Waals surface area contributed by atoms with Crippen LogP contribution >= 0.6 is 15.9 Å². The summed E-state index contributed by atoms with van der Waals surface area (Å²) < 4.78 is 0.977. The number of halogens is 1. The molecule has 0 aliphatic carbocycles. The van der Waals surface area contributed by atoms with Crippen molar-refractivity contribution in [3.05, 3.63) is 28.2 Å². The molecule has 4 heteroatoms. The van der Waals surface area contributed by atoms with Gasteiger partial charge in [-0.2, -0.15) is 0 Å². The highest BCUT2D eigenvalue weighted by Crippen LogP contribution is 2.32. The van der Waals surface area contributed by atoms with Crippen LogP contribution < -0.4 is 10.2 Å². The van der Waals surface area contributed by atoms with E-state index in [1.165, 1.54) is 5.56 Å². The first-order chi connectivity index (χ1) is 8.83. The lowest BCUT2D eigenvalue weighted by Crippen LogP contribution is -2.53. The van der Waals surface area contributed by atoms with E-state index in [9.17, 15) is 4.79 Å². The molecule has 19 heavy (non-hydrogen) atoms. The van der Waals surface area contributed by atoms with Gasteiger partial charge in [0.05, 0.1) is 11.2 Å². The van der Waals surface area contributed by atoms with Crippen LogP contribution in [0.2, 0.25) is 0 Å². The van der Waals surface area contributed by atoms with Gasteiger partial charge in [0.2, 0.25) is 5.91 Å². The van der Waals surface area contributed by atoms with Gasteiger partial charge in [-0.15, -0.1) is 0 Å². The van der Waals surface area contributed by atoms with E-state index in [4.69, 9.17) is 0 Å². The second-order valence-electron chi connectivity index (χ2n) is 5.82. The first-order valence-corrected chi connectivity index (χ1v) is 7.47. The molecule has 1 aliphatic rings. The third kappa shape index (κ3) is 2.84. The van der Waals surface area contributed by atoms with E-state index in [-0.39, 0.29) is 11.9 Å². The highest BCUT2D eigenvalue weighted by Gasteiger charge is 2.37. The van der Waals surface area contributed by atoms with Crippen molar-refractivity contribution in [1.29, 1.82) is 0 Å². The Morgan fingerprint density at radius 3 is 2.74 bits per heavy atom. The molecule has 104 valence electrons. The minimum Gasteiger partial charge on any atom is -0.307 e. The predicted octanol–water partition coefficient (Wildman–Crippen LogP) is 3.25. The van der Waals surface area contributed by atoms with Crippen LogP contribution in [0.15, 0.2) is 22.7 Å². The molecule has 1 unspecified atom stereocenters. The fourth-order valence-electron chi connectivity index (χ4n) is 2.45. The van der Waals surface area contributed by atoms with Crippen LogP contribution in [0.3, 0.4) is 0 Å². The maximum absolute atomic E-state index is 12.8. The molecule has 3 nitrogen and oxygen atoms in total. The fourth-order valence-corrected chi connectivity index (χ4v) is 3.14. The molecule has 1 saturated heterocycles. The van der Waals surface area contributed by atoms with E-state index in [0.717, 1.165) is 23.1 Å². The Bertz CT molecular complexity index is 499. The third-order valence-corrected chi connectivity index (χ3v) is 4.32. The number of rotatable bonds is 1. The lowest BCUT2D eigenvalue weighted by atomic mass is 10.0. The molecule has 1 amide bonds. The van der Waals surface area contributed by atoms with Gasteiger partial charge in [-0.3, -0.25) is 4.79 Å². The number of hydrogen-bond donors (Lipinski definition) is 1. The summed E-state index contributed by atoms with van der Waals surface area (Å²) in [5.41, 5.74) is 1.62. The Morgan fingerprint density at radius 2 is 2.11 bits per heavy atom. The van der Waals surface area contributed by atoms with Crippen molar-refractivity contribution in [3.63, 3.8) is 0 Å². The molecule has 1 heterocycles. The molecule has 1 fully saturated rings. The molecule has 0 saturated carbocycles. The molecule has 1 aliphatic heterocycles. The molecule has 1 N–H and O–H groups in total. The number of amides is 1. The van der Waals surface area contributed by atoms with Gasteiger partial charge >= 0.3 is 0 Å². The topological polar surface area (TPSA) is 32.3 Å². The number of benzene rings is 1. The minimum atomic E-state index is -0.519. The van der Waals surface area contributed by atoms with Crippen molar-refractivity contribution >= 4 is 27.5 Å². The van der Waals surface area contributed by atoms with Crippen LogP contribution in [-0.4, -0.2) is 24.0 Å². The average Bonchev–Trinajstić information content (AvgIpc) is 2.40. The highest BCUT2D eigenvalue weighted by atomic mass is 79.9. The molecular weight excluding hydrogens is 304 g/mol. The maximum atomic E-state index is 12.8. The second-order valence-corrected chi connectivity index (χ2v) is 6.67. The predicted molar refractivity (Wildman–Crippen MR) is 82.5 cm³/mol. The third-order valence-electron chi connectivity index (χ3n) is 3.69. The van der Waals surface area contributed by atoms with Gasteiger partial charge in [0.25, 0.3) is 0 Å². The van der Waals surface area contributed by atoms with Crippen LogP contribution in [0.4, 0.5) is 5.69 Å². The fraction of sp³-hybridized carbons (Fsp3) is 0.533. The van der Waals surface area contributed by atoms with E-state index < -0.39 is 5.54 Å². The summed E-state index contributed by atoms with van der Waals surface area (Å²) in [6, 6.07) is 6.32. The van der Waals surface area contributed by atoms with Crippen molar-refractivity contribution in [2.75, 3.05) is 11.4 Å². The number of nitrogens with one attached hydrogen (secondary N) is 1.